The molecule has 2 aliphatic rings. The number of carbonyl (C=O) groups excluding carboxylic acids is 2. The van der Waals surface area contributed by atoms with Crippen molar-refractivity contribution in [3.8, 4) is 47.2 Å². The molecule has 13 aromatic heterocycles. The topological polar surface area (TPSA) is 266 Å². The highest BCUT2D eigenvalue weighted by Gasteiger charge is 2.25. The summed E-state index contributed by atoms with van der Waals surface area (Å²) >= 11 is 42.8. The Hall–Kier alpha value is -11.8. The van der Waals surface area contributed by atoms with Crippen molar-refractivity contribution in [1.29, 1.82) is 0 Å². The zero-order valence-electron chi connectivity index (χ0n) is 67.9. The predicted molar refractivity (Wildman–Crippen MR) is 501 cm³/mol. The minimum atomic E-state index is -0.631. The first-order chi connectivity index (χ1) is 62.6. The predicted octanol–water partition coefficient (Wildman–Crippen LogP) is 20.8. The van der Waals surface area contributed by atoms with Gasteiger partial charge in [-0.25, -0.2) is 42.5 Å². The van der Waals surface area contributed by atoms with E-state index in [-0.39, 0.29) is 39.0 Å². The van der Waals surface area contributed by atoms with E-state index in [9.17, 15) is 27.2 Å². The number of carbonyl (C=O) groups is 2. The highest BCUT2D eigenvalue weighted by atomic mass is 35.5. The molecule has 39 heteroatoms. The second kappa shape index (κ2) is 40.5. The number of hydrogen-bond donors (Lipinski definition) is 5. The van der Waals surface area contributed by atoms with E-state index in [1.807, 2.05) is 59.3 Å². The van der Waals surface area contributed by atoms with Crippen molar-refractivity contribution in [2.75, 3.05) is 50.0 Å². The molecule has 2 fully saturated rings. The van der Waals surface area contributed by atoms with Crippen LogP contribution in [0.1, 0.15) is 81.3 Å². The van der Waals surface area contributed by atoms with Gasteiger partial charge in [-0.05, 0) is 172 Å². The number of pyridine rings is 4. The van der Waals surface area contributed by atoms with Crippen molar-refractivity contribution in [1.82, 2.24) is 88.5 Å². The quantitative estimate of drug-likeness (QED) is 0.0294. The summed E-state index contributed by atoms with van der Waals surface area (Å²) in [7, 11) is 0. The number of amides is 2. The number of fused-ring (bicyclic) bond motifs is 4. The van der Waals surface area contributed by atoms with Crippen LogP contribution in [0.2, 0.25) is 30.1 Å². The third-order valence-corrected chi connectivity index (χ3v) is 26.6. The third-order valence-electron chi connectivity index (χ3n) is 20.7. The molecule has 3 atom stereocenters. The Morgan fingerprint density at radius 1 is 0.566 bits per heavy atom. The highest BCUT2D eigenvalue weighted by molar-refractivity contribution is 7.19. The molecule has 25 nitrogen and oxygen atoms in total. The van der Waals surface area contributed by atoms with Crippen molar-refractivity contribution in [3.05, 3.63) is 324 Å². The zero-order valence-corrected chi connectivity index (χ0v) is 75.7. The van der Waals surface area contributed by atoms with Crippen LogP contribution in [0.15, 0.2) is 232 Å². The van der Waals surface area contributed by atoms with Crippen LogP contribution in [0.3, 0.4) is 0 Å². The van der Waals surface area contributed by atoms with Crippen LogP contribution in [0, 0.1) is 23.3 Å². The van der Waals surface area contributed by atoms with E-state index in [2.05, 4.69) is 77.3 Å². The molecule has 0 saturated carbocycles. The molecular weight excluding hydrogens is 1860 g/mol. The van der Waals surface area contributed by atoms with Gasteiger partial charge < -0.3 is 30.5 Å². The average molecular weight is 1930 g/mol. The lowest BCUT2D eigenvalue weighted by molar-refractivity contribution is 0.0561. The van der Waals surface area contributed by atoms with E-state index in [1.165, 1.54) is 88.8 Å². The Morgan fingerprint density at radius 3 is 1.92 bits per heavy atom. The number of nitrogens with one attached hydrogen (secondary N) is 5. The number of halogens is 10. The van der Waals surface area contributed by atoms with Gasteiger partial charge in [-0.1, -0.05) is 110 Å². The number of thiazole rings is 3. The minimum absolute atomic E-state index is 0.0356. The van der Waals surface area contributed by atoms with Crippen molar-refractivity contribution >= 4 is 176 Å². The Morgan fingerprint density at radius 2 is 1.21 bits per heavy atom. The van der Waals surface area contributed by atoms with Gasteiger partial charge in [0.15, 0.2) is 17.3 Å². The lowest BCUT2D eigenvalue weighted by Crippen LogP contribution is -2.42. The van der Waals surface area contributed by atoms with Gasteiger partial charge in [0.25, 0.3) is 11.8 Å². The SMILES string of the molecule is CC(On1ccc2nc(-c3cc(CNC4CCNC4)ns3)ccc21)c1c(Cl)ccc(F)c1Cl.CC(On1ccc2ncc(-c3cnc(NC(=O)c4ccccc4)s3)cc21)c1c(Cl)ccc(F)c1Cl.Fc1ccc(Cl)c(COn2ccc3ncc(-c4ncc(-n5ccnc5)s4)cc32)c1.O=C(Nn1ccc2ncc(-c3nc(CN4CCNCC4)cs3)cc21)c1cc(F)ccc1Cl. The summed E-state index contributed by atoms with van der Waals surface area (Å²) in [5.41, 5.74) is 16.1. The molecule has 2 saturated heterocycles. The molecule has 2 amide bonds. The van der Waals surface area contributed by atoms with Crippen LogP contribution < -0.4 is 41.2 Å². The van der Waals surface area contributed by atoms with Gasteiger partial charge >= 0.3 is 0 Å². The summed E-state index contributed by atoms with van der Waals surface area (Å²) in [6.07, 6.45) is 21.0. The van der Waals surface area contributed by atoms with Crippen LogP contribution >= 0.6 is 115 Å². The van der Waals surface area contributed by atoms with E-state index >= 15 is 0 Å². The number of benzene rings is 5. The van der Waals surface area contributed by atoms with Gasteiger partial charge in [-0.15, -0.1) is 11.3 Å². The monoisotopic (exact) mass is 1930 g/mol. The number of imidazole rings is 1. The molecule has 3 unspecified atom stereocenters. The number of anilines is 1. The van der Waals surface area contributed by atoms with Gasteiger partial charge in [0, 0.05) is 173 Å². The fourth-order valence-corrected chi connectivity index (χ4v) is 19.0. The normalized spacial score (nSPS) is 13.8. The van der Waals surface area contributed by atoms with Crippen molar-refractivity contribution in [3.63, 3.8) is 0 Å². The number of rotatable bonds is 23. The summed E-state index contributed by atoms with van der Waals surface area (Å²) in [5, 5.41) is 19.5. The molecule has 18 aromatic rings. The third kappa shape index (κ3) is 21.1. The molecule has 0 spiro atoms. The lowest BCUT2D eigenvalue weighted by Gasteiger charge is -2.26. The summed E-state index contributed by atoms with van der Waals surface area (Å²) in [6.45, 7) is 11.3. The molecular formula is C90H72Cl6F4N20O5S4. The van der Waals surface area contributed by atoms with Gasteiger partial charge in [0.2, 0.25) is 0 Å². The second-order valence-corrected chi connectivity index (χ2v) is 35.5. The standard InChI is InChI=1S/C25H17Cl2FN4O2S.C23H22Cl2FN5OS.C22H20ClFN6OS.C20H13ClFN5OS/c1-14(22-17(26)7-8-18(28)23(22)27)34-32-10-9-19-20(32)11-16(12-29-19)21-13-30-25(35-21)31-24(33)15-5-3-2-4-6-15;1-13(22-16(24)2-3-17(26)23(22)25)32-31-9-7-18-20(31)5-4-19(29-18)21-10-15(30-33-21)12-28-14-6-8-27-11-14;23-18-2-1-15(24)10-17(18)21(31)28-30-6-3-19-20(30)9-14(11-26-19)22-27-16(13-32-22)12-29-7-4-25-5-8-29;21-16-2-1-15(22)7-14(16)11-28-27-5-3-17-18(27)8-13(9-24-17)20-25-10-19(29-20)26-6-4-23-12-26/h2-14H,1H3,(H,30,31,33);2-5,7,9-10,13-14,27-28H,6,8,11-12H2,1H3;1-3,6,9-11,13,25H,4-5,7-8,12H2,(H,28,31);1-10,12H,11H2. The molecule has 15 heterocycles. The maximum absolute atomic E-state index is 14.0. The van der Waals surface area contributed by atoms with E-state index in [4.69, 9.17) is 94.1 Å². The fraction of sp³-hybridized carbons (Fsp3) is 0.167. The van der Waals surface area contributed by atoms with Crippen LogP contribution in [-0.4, -0.2) is 130 Å². The largest absolute Gasteiger partial charge is 0.409 e. The number of aromatic nitrogens is 14. The van der Waals surface area contributed by atoms with E-state index in [0.717, 1.165) is 151 Å². The first-order valence-corrected chi connectivity index (χ1v) is 45.6. The Bertz CT molecular complexity index is 7060. The van der Waals surface area contributed by atoms with Crippen molar-refractivity contribution in [2.24, 2.45) is 0 Å². The van der Waals surface area contributed by atoms with E-state index < -0.39 is 35.6 Å². The van der Waals surface area contributed by atoms with Gasteiger partial charge in [0.05, 0.1) is 87.6 Å². The summed E-state index contributed by atoms with van der Waals surface area (Å²) in [6, 6.07) is 41.8. The summed E-state index contributed by atoms with van der Waals surface area (Å²) in [5.74, 6) is -2.72. The first kappa shape index (κ1) is 89.2. The Kier molecular flexibility index (Phi) is 28.0. The maximum Gasteiger partial charge on any atom is 0.271 e. The second-order valence-electron chi connectivity index (χ2n) is 29.4. The first-order valence-electron chi connectivity index (χ1n) is 40.0. The molecule has 5 N–H and O–H groups in total. The molecule has 0 bridgehead atoms. The van der Waals surface area contributed by atoms with Crippen LogP contribution in [0.4, 0.5) is 22.7 Å². The minimum Gasteiger partial charge on any atom is -0.409 e. The van der Waals surface area contributed by atoms with Gasteiger partial charge in [0.1, 0.15) is 61.4 Å². The lowest BCUT2D eigenvalue weighted by atomic mass is 10.1. The Labute approximate surface area is 779 Å². The fourth-order valence-electron chi connectivity index (χ4n) is 14.1. The molecule has 2 aliphatic heterocycles. The molecule has 20 rings (SSSR count). The van der Waals surface area contributed by atoms with Crippen molar-refractivity contribution in [2.45, 2.75) is 58.2 Å². The molecule has 5 aromatic carbocycles. The Balaban J connectivity index is 0.000000121. The zero-order chi connectivity index (χ0) is 89.3. The number of nitrogens with zero attached hydrogens (tertiary/aromatic N) is 15. The van der Waals surface area contributed by atoms with Gasteiger partial charge in [-0.2, -0.15) is 18.6 Å². The maximum atomic E-state index is 14.0. The summed E-state index contributed by atoms with van der Waals surface area (Å²) < 4.78 is 67.7. The van der Waals surface area contributed by atoms with Gasteiger partial charge in [-0.3, -0.25) is 49.4 Å². The smallest absolute Gasteiger partial charge is 0.271 e. The molecule has 656 valence electrons. The average Bonchev–Trinajstić information content (AvgIpc) is 1.72. The van der Waals surface area contributed by atoms with E-state index in [0.29, 0.717) is 65.0 Å². The number of hydrogen-bond acceptors (Lipinski definition) is 22. The summed E-state index contributed by atoms with van der Waals surface area (Å²) in [4.78, 5) is 83.1. The molecule has 129 heavy (non-hydrogen) atoms. The van der Waals surface area contributed by atoms with Crippen LogP contribution in [0.5, 0.6) is 0 Å². The molecule has 0 aliphatic carbocycles. The number of piperazine rings is 1. The van der Waals surface area contributed by atoms with Crippen LogP contribution in [-0.2, 0) is 19.7 Å². The van der Waals surface area contributed by atoms with E-state index in [1.54, 1.807) is 149 Å². The van der Waals surface area contributed by atoms with Crippen molar-refractivity contribution < 1.29 is 41.7 Å². The van der Waals surface area contributed by atoms with Crippen LogP contribution in [0.25, 0.3) is 91.3 Å². The highest BCUT2D eigenvalue weighted by Crippen LogP contribution is 2.39. The molecule has 0 radical (unpaired) electrons.